The summed E-state index contributed by atoms with van der Waals surface area (Å²) in [5.41, 5.74) is 2.09. The van der Waals surface area contributed by atoms with Crippen molar-refractivity contribution in [1.29, 1.82) is 0 Å². The molecule has 7 nitrogen and oxygen atoms in total. The van der Waals surface area contributed by atoms with Crippen molar-refractivity contribution in [1.82, 2.24) is 9.78 Å². The molecule has 0 aliphatic heterocycles. The lowest BCUT2D eigenvalue weighted by Crippen LogP contribution is -2.21. The van der Waals surface area contributed by atoms with Gasteiger partial charge >= 0.3 is 5.97 Å². The van der Waals surface area contributed by atoms with Gasteiger partial charge in [0.25, 0.3) is 5.69 Å². The number of nitro groups is 1. The highest BCUT2D eigenvalue weighted by molar-refractivity contribution is 5.78. The number of carbonyl (C=O) groups is 1. The van der Waals surface area contributed by atoms with Crippen LogP contribution < -0.4 is 0 Å². The van der Waals surface area contributed by atoms with Crippen molar-refractivity contribution in [3.05, 3.63) is 88.2 Å². The van der Waals surface area contributed by atoms with E-state index >= 15 is 0 Å². The molecule has 3 aromatic rings. The summed E-state index contributed by atoms with van der Waals surface area (Å²) in [5.74, 6) is -0.928. The van der Waals surface area contributed by atoms with Gasteiger partial charge in [-0.3, -0.25) is 14.9 Å². The van der Waals surface area contributed by atoms with E-state index in [4.69, 9.17) is 4.74 Å². The van der Waals surface area contributed by atoms with Gasteiger partial charge in [0.1, 0.15) is 5.92 Å². The van der Waals surface area contributed by atoms with Crippen molar-refractivity contribution < 1.29 is 14.5 Å². The molecule has 27 heavy (non-hydrogen) atoms. The summed E-state index contributed by atoms with van der Waals surface area (Å²) in [4.78, 5) is 23.3. The van der Waals surface area contributed by atoms with E-state index in [0.717, 1.165) is 5.56 Å². The Hall–Kier alpha value is -3.48. The number of rotatable bonds is 7. The molecule has 0 aliphatic carbocycles. The molecule has 0 fully saturated rings. The molecule has 0 unspecified atom stereocenters. The van der Waals surface area contributed by atoms with Gasteiger partial charge in [0.15, 0.2) is 0 Å². The monoisotopic (exact) mass is 365 g/mol. The Bertz CT molecular complexity index is 937. The van der Waals surface area contributed by atoms with E-state index in [2.05, 4.69) is 5.10 Å². The van der Waals surface area contributed by atoms with Crippen molar-refractivity contribution >= 4 is 11.7 Å². The van der Waals surface area contributed by atoms with E-state index in [-0.39, 0.29) is 18.3 Å². The van der Waals surface area contributed by atoms with Gasteiger partial charge < -0.3 is 4.74 Å². The second-order valence-electron chi connectivity index (χ2n) is 5.94. The average molecular weight is 365 g/mol. The summed E-state index contributed by atoms with van der Waals surface area (Å²) in [6.45, 7) is 2.03. The SMILES string of the molecule is CCOC(=O)[C@H](Cc1ccccc1)c1ccnn1-c1cccc([N+](=O)[O-])c1. The molecule has 1 aromatic heterocycles. The second-order valence-corrected chi connectivity index (χ2v) is 5.94. The van der Waals surface area contributed by atoms with Gasteiger partial charge in [0.2, 0.25) is 0 Å². The fourth-order valence-electron chi connectivity index (χ4n) is 2.93. The third-order valence-electron chi connectivity index (χ3n) is 4.17. The topological polar surface area (TPSA) is 87.3 Å². The first-order valence-electron chi connectivity index (χ1n) is 8.59. The Labute approximate surface area is 156 Å². The summed E-state index contributed by atoms with van der Waals surface area (Å²) in [5, 5.41) is 15.4. The van der Waals surface area contributed by atoms with Crippen molar-refractivity contribution in [2.75, 3.05) is 6.61 Å². The van der Waals surface area contributed by atoms with Crippen LogP contribution in [0.4, 0.5) is 5.69 Å². The first kappa shape index (κ1) is 18.3. The average Bonchev–Trinajstić information content (AvgIpc) is 3.16. The van der Waals surface area contributed by atoms with E-state index in [9.17, 15) is 14.9 Å². The van der Waals surface area contributed by atoms with Crippen LogP contribution in [0.3, 0.4) is 0 Å². The number of aromatic nitrogens is 2. The molecule has 1 atom stereocenters. The maximum Gasteiger partial charge on any atom is 0.315 e. The molecule has 0 amide bonds. The minimum absolute atomic E-state index is 0.0373. The molecule has 3 rings (SSSR count). The number of hydrogen-bond donors (Lipinski definition) is 0. The fraction of sp³-hybridized carbons (Fsp3) is 0.200. The highest BCUT2D eigenvalue weighted by Crippen LogP contribution is 2.26. The maximum absolute atomic E-state index is 12.6. The Morgan fingerprint density at radius 1 is 1.19 bits per heavy atom. The summed E-state index contributed by atoms with van der Waals surface area (Å²) < 4.78 is 6.82. The molecule has 0 saturated heterocycles. The third kappa shape index (κ3) is 4.20. The Morgan fingerprint density at radius 2 is 1.96 bits per heavy atom. The molecule has 0 saturated carbocycles. The van der Waals surface area contributed by atoms with Crippen LogP contribution in [0.15, 0.2) is 66.9 Å². The Morgan fingerprint density at radius 3 is 2.67 bits per heavy atom. The number of ether oxygens (including phenoxy) is 1. The zero-order chi connectivity index (χ0) is 19.2. The lowest BCUT2D eigenvalue weighted by molar-refractivity contribution is -0.384. The lowest BCUT2D eigenvalue weighted by atomic mass is 9.96. The van der Waals surface area contributed by atoms with Gasteiger partial charge in [0, 0.05) is 18.3 Å². The predicted molar refractivity (Wildman–Crippen MR) is 99.7 cm³/mol. The third-order valence-corrected chi connectivity index (χ3v) is 4.17. The van der Waals surface area contributed by atoms with Crippen LogP contribution in [-0.4, -0.2) is 27.3 Å². The lowest BCUT2D eigenvalue weighted by Gasteiger charge is -2.17. The van der Waals surface area contributed by atoms with Gasteiger partial charge in [-0.05, 0) is 31.0 Å². The number of carbonyl (C=O) groups excluding carboxylic acids is 1. The Balaban J connectivity index is 2.01. The zero-order valence-electron chi connectivity index (χ0n) is 14.8. The van der Waals surface area contributed by atoms with Gasteiger partial charge in [-0.15, -0.1) is 0 Å². The van der Waals surface area contributed by atoms with Crippen molar-refractivity contribution in [2.24, 2.45) is 0 Å². The molecular formula is C20H19N3O4. The van der Waals surface area contributed by atoms with E-state index in [0.29, 0.717) is 17.8 Å². The summed E-state index contributed by atoms with van der Waals surface area (Å²) in [6, 6.07) is 17.5. The molecule has 0 aliphatic rings. The van der Waals surface area contributed by atoms with Crippen LogP contribution in [0.2, 0.25) is 0 Å². The fourth-order valence-corrected chi connectivity index (χ4v) is 2.93. The van der Waals surface area contributed by atoms with E-state index in [1.807, 2.05) is 30.3 Å². The number of nitro benzene ring substituents is 1. The number of benzene rings is 2. The molecule has 0 N–H and O–H groups in total. The first-order chi connectivity index (χ1) is 13.1. The largest absolute Gasteiger partial charge is 0.465 e. The highest BCUT2D eigenvalue weighted by Gasteiger charge is 2.27. The molecule has 2 aromatic carbocycles. The van der Waals surface area contributed by atoms with E-state index in [1.165, 1.54) is 12.1 Å². The van der Waals surface area contributed by atoms with Crippen molar-refractivity contribution in [3.63, 3.8) is 0 Å². The molecular weight excluding hydrogens is 346 g/mol. The molecule has 0 radical (unpaired) electrons. The quantitative estimate of drug-likeness (QED) is 0.362. The molecule has 1 heterocycles. The van der Waals surface area contributed by atoms with Gasteiger partial charge in [-0.2, -0.15) is 5.10 Å². The zero-order valence-corrected chi connectivity index (χ0v) is 14.8. The molecule has 0 spiro atoms. The standard InChI is InChI=1S/C20H19N3O4/c1-2-27-20(24)18(13-15-7-4-3-5-8-15)19-11-12-21-22(19)16-9-6-10-17(14-16)23(25)26/h3-12,14,18H,2,13H2,1H3/t18-/m1/s1. The number of hydrogen-bond acceptors (Lipinski definition) is 5. The van der Waals surface area contributed by atoms with Gasteiger partial charge in [0.05, 0.1) is 22.9 Å². The number of non-ortho nitro benzene ring substituents is 1. The molecule has 0 bridgehead atoms. The summed E-state index contributed by atoms with van der Waals surface area (Å²) in [7, 11) is 0. The first-order valence-corrected chi connectivity index (χ1v) is 8.59. The Kier molecular flexibility index (Phi) is 5.61. The van der Waals surface area contributed by atoms with E-state index < -0.39 is 10.8 Å². The van der Waals surface area contributed by atoms with Gasteiger partial charge in [-0.25, -0.2) is 4.68 Å². The van der Waals surface area contributed by atoms with Crippen molar-refractivity contribution in [2.45, 2.75) is 19.3 Å². The van der Waals surface area contributed by atoms with E-state index in [1.54, 1.807) is 36.0 Å². The van der Waals surface area contributed by atoms with Crippen LogP contribution in [-0.2, 0) is 16.0 Å². The normalized spacial score (nSPS) is 11.7. The minimum atomic E-state index is -0.575. The smallest absolute Gasteiger partial charge is 0.315 e. The number of esters is 1. The predicted octanol–water partition coefficient (Wildman–Crippen LogP) is 3.67. The second kappa shape index (κ2) is 8.27. The summed E-state index contributed by atoms with van der Waals surface area (Å²) >= 11 is 0. The van der Waals surface area contributed by atoms with Crippen LogP contribution in [0.5, 0.6) is 0 Å². The van der Waals surface area contributed by atoms with Crippen LogP contribution in [0.25, 0.3) is 5.69 Å². The highest BCUT2D eigenvalue weighted by atomic mass is 16.6. The minimum Gasteiger partial charge on any atom is -0.465 e. The molecule has 138 valence electrons. The van der Waals surface area contributed by atoms with Crippen LogP contribution in [0, 0.1) is 10.1 Å². The number of nitrogens with zero attached hydrogens (tertiary/aromatic N) is 3. The van der Waals surface area contributed by atoms with Gasteiger partial charge in [-0.1, -0.05) is 36.4 Å². The summed E-state index contributed by atoms with van der Waals surface area (Å²) in [6.07, 6.45) is 2.02. The van der Waals surface area contributed by atoms with Crippen LogP contribution >= 0.6 is 0 Å². The van der Waals surface area contributed by atoms with Crippen LogP contribution in [0.1, 0.15) is 24.1 Å². The van der Waals surface area contributed by atoms with Crippen molar-refractivity contribution in [3.8, 4) is 5.69 Å². The maximum atomic E-state index is 12.6. The molecule has 7 heteroatoms.